The molecule has 0 saturated heterocycles. The Morgan fingerprint density at radius 1 is 1.23 bits per heavy atom. The van der Waals surface area contributed by atoms with Crippen LogP contribution in [-0.2, 0) is 16.2 Å². The molecule has 0 fully saturated rings. The minimum absolute atomic E-state index is 0.0542. The summed E-state index contributed by atoms with van der Waals surface area (Å²) in [4.78, 5) is 31.4. The van der Waals surface area contributed by atoms with Gasteiger partial charge in [-0.05, 0) is 26.3 Å². The smallest absolute Gasteiger partial charge is 0.228 e. The number of Topliss-reactive ketones (excluding diaryl/α,β-unsaturated/α-hetero) is 2. The first-order chi connectivity index (χ1) is 10.4. The van der Waals surface area contributed by atoms with E-state index in [-0.39, 0.29) is 6.61 Å². The molecule has 0 amide bonds. The lowest BCUT2D eigenvalue weighted by atomic mass is 9.97. The Morgan fingerprint density at radius 3 is 2.50 bits per heavy atom. The first-order valence-electron chi connectivity index (χ1n) is 6.60. The van der Waals surface area contributed by atoms with Gasteiger partial charge < -0.3 is 4.84 Å². The van der Waals surface area contributed by atoms with Crippen molar-refractivity contribution in [3.05, 3.63) is 46.4 Å². The largest absolute Gasteiger partial charge is 0.391 e. The SMILES string of the molecule is [C-]#[N+]/N=C(C)\C(C)=N/OCc1cccc(C)c1C(=O)C(C)=O. The number of hydrogen-bond acceptors (Lipinski definition) is 5. The fraction of sp³-hybridized carbons (Fsp3) is 0.312. The van der Waals surface area contributed by atoms with Crippen LogP contribution < -0.4 is 0 Å². The second-order valence-electron chi connectivity index (χ2n) is 4.73. The summed E-state index contributed by atoms with van der Waals surface area (Å²) in [6.45, 7) is 13.0. The Kier molecular flexibility index (Phi) is 6.14. The predicted molar refractivity (Wildman–Crippen MR) is 83.8 cm³/mol. The Morgan fingerprint density at radius 2 is 1.91 bits per heavy atom. The summed E-state index contributed by atoms with van der Waals surface area (Å²) in [6, 6.07) is 5.27. The second kappa shape index (κ2) is 7.84. The molecule has 0 N–H and O–H groups in total. The Bertz CT molecular complexity index is 697. The molecule has 1 aromatic carbocycles. The predicted octanol–water partition coefficient (Wildman–Crippen LogP) is 2.95. The summed E-state index contributed by atoms with van der Waals surface area (Å²) >= 11 is 0. The van der Waals surface area contributed by atoms with Crippen molar-refractivity contribution in [1.29, 1.82) is 0 Å². The minimum atomic E-state index is -0.539. The van der Waals surface area contributed by atoms with Crippen LogP contribution in [0.5, 0.6) is 0 Å². The third-order valence-electron chi connectivity index (χ3n) is 3.05. The molecular weight excluding hydrogens is 282 g/mol. The van der Waals surface area contributed by atoms with Gasteiger partial charge in [-0.25, -0.2) is 0 Å². The number of benzene rings is 1. The highest BCUT2D eigenvalue weighted by Crippen LogP contribution is 2.16. The van der Waals surface area contributed by atoms with Crippen molar-refractivity contribution in [1.82, 2.24) is 0 Å². The van der Waals surface area contributed by atoms with Gasteiger partial charge in [-0.3, -0.25) is 9.59 Å². The number of nitrogens with zero attached hydrogens (tertiary/aromatic N) is 3. The van der Waals surface area contributed by atoms with Crippen LogP contribution >= 0.6 is 0 Å². The van der Waals surface area contributed by atoms with Crippen LogP contribution in [0.3, 0.4) is 0 Å². The third kappa shape index (κ3) is 4.35. The fourth-order valence-electron chi connectivity index (χ4n) is 1.76. The van der Waals surface area contributed by atoms with Crippen LogP contribution in [0.4, 0.5) is 0 Å². The van der Waals surface area contributed by atoms with Crippen LogP contribution in [-0.4, -0.2) is 23.0 Å². The van der Waals surface area contributed by atoms with Gasteiger partial charge in [-0.15, -0.1) is 4.95 Å². The molecule has 22 heavy (non-hydrogen) atoms. The van der Waals surface area contributed by atoms with E-state index in [9.17, 15) is 9.59 Å². The van der Waals surface area contributed by atoms with E-state index in [1.54, 1.807) is 39.0 Å². The first kappa shape index (κ1) is 17.2. The molecule has 0 saturated carbocycles. The first-order valence-corrected chi connectivity index (χ1v) is 6.60. The molecule has 0 spiro atoms. The maximum atomic E-state index is 12.0. The summed E-state index contributed by atoms with van der Waals surface area (Å²) in [5, 5.41) is 7.39. The van der Waals surface area contributed by atoms with Crippen molar-refractivity contribution in [3.63, 3.8) is 0 Å². The van der Waals surface area contributed by atoms with Gasteiger partial charge in [0, 0.05) is 18.1 Å². The van der Waals surface area contributed by atoms with Gasteiger partial charge in [0.1, 0.15) is 18.0 Å². The highest BCUT2D eigenvalue weighted by Gasteiger charge is 2.18. The molecule has 0 aliphatic heterocycles. The van der Waals surface area contributed by atoms with E-state index in [4.69, 9.17) is 11.4 Å². The molecule has 0 radical (unpaired) electrons. The summed E-state index contributed by atoms with van der Waals surface area (Å²) in [5.41, 5.74) is 2.60. The normalized spacial score (nSPS) is 11.8. The highest BCUT2D eigenvalue weighted by molar-refractivity contribution is 6.43. The van der Waals surface area contributed by atoms with Gasteiger partial charge in [0.15, 0.2) is 5.78 Å². The monoisotopic (exact) mass is 299 g/mol. The van der Waals surface area contributed by atoms with Gasteiger partial charge >= 0.3 is 0 Å². The maximum Gasteiger partial charge on any atom is 0.228 e. The number of aryl methyl sites for hydroxylation is 1. The van der Waals surface area contributed by atoms with Crippen molar-refractivity contribution in [2.75, 3.05) is 0 Å². The minimum Gasteiger partial charge on any atom is -0.391 e. The molecule has 0 unspecified atom stereocenters. The van der Waals surface area contributed by atoms with Gasteiger partial charge in [0.25, 0.3) is 0 Å². The van der Waals surface area contributed by atoms with Gasteiger partial charge in [-0.2, -0.15) is 6.57 Å². The van der Waals surface area contributed by atoms with Crippen molar-refractivity contribution in [2.45, 2.75) is 34.3 Å². The number of carbonyl (C=O) groups excluding carboxylic acids is 2. The second-order valence-corrected chi connectivity index (χ2v) is 4.73. The number of rotatable bonds is 6. The molecule has 0 bridgehead atoms. The van der Waals surface area contributed by atoms with E-state index in [2.05, 4.69) is 15.2 Å². The van der Waals surface area contributed by atoms with Crippen molar-refractivity contribution >= 4 is 23.0 Å². The van der Waals surface area contributed by atoms with E-state index < -0.39 is 11.6 Å². The standard InChI is InChI=1S/C16H17N3O3/c1-10-7-6-8-14(15(10)16(21)13(4)20)9-22-19-12(3)11(2)18-17-5/h6-8H,9H2,1-4H3/b18-11-,19-12-. The zero-order valence-corrected chi connectivity index (χ0v) is 13.0. The maximum absolute atomic E-state index is 12.0. The van der Waals surface area contributed by atoms with Crippen LogP contribution in [0.25, 0.3) is 4.95 Å². The van der Waals surface area contributed by atoms with Crippen molar-refractivity contribution < 1.29 is 14.4 Å². The Balaban J connectivity index is 2.97. The van der Waals surface area contributed by atoms with Gasteiger partial charge in [0.05, 0.1) is 5.10 Å². The van der Waals surface area contributed by atoms with Crippen LogP contribution in [0.1, 0.15) is 42.3 Å². The lowest BCUT2D eigenvalue weighted by Gasteiger charge is -2.09. The van der Waals surface area contributed by atoms with E-state index in [1.165, 1.54) is 6.92 Å². The summed E-state index contributed by atoms with van der Waals surface area (Å²) < 4.78 is 0. The molecule has 6 nitrogen and oxygen atoms in total. The van der Waals surface area contributed by atoms with Gasteiger partial charge in [0.2, 0.25) is 5.78 Å². The van der Waals surface area contributed by atoms with Crippen LogP contribution in [0.2, 0.25) is 0 Å². The third-order valence-corrected chi connectivity index (χ3v) is 3.05. The fourth-order valence-corrected chi connectivity index (χ4v) is 1.76. The van der Waals surface area contributed by atoms with Crippen LogP contribution in [0.15, 0.2) is 28.5 Å². The number of ketones is 2. The average Bonchev–Trinajstić information content (AvgIpc) is 2.46. The number of oxime groups is 1. The average molecular weight is 299 g/mol. The Labute approximate surface area is 129 Å². The number of hydrogen-bond donors (Lipinski definition) is 0. The molecule has 0 aromatic heterocycles. The molecule has 1 rings (SSSR count). The molecular formula is C16H17N3O3. The molecule has 0 atom stereocenters. The van der Waals surface area contributed by atoms with E-state index >= 15 is 0 Å². The quantitative estimate of drug-likeness (QED) is 0.266. The zero-order chi connectivity index (χ0) is 16.7. The molecule has 0 heterocycles. The molecule has 1 aromatic rings. The van der Waals surface area contributed by atoms with E-state index in [0.29, 0.717) is 28.1 Å². The summed E-state index contributed by atoms with van der Waals surface area (Å²) in [5.74, 6) is -1.06. The lowest BCUT2D eigenvalue weighted by molar-refractivity contribution is -0.113. The summed E-state index contributed by atoms with van der Waals surface area (Å²) in [6.07, 6.45) is 0. The van der Waals surface area contributed by atoms with Crippen molar-refractivity contribution in [3.8, 4) is 0 Å². The van der Waals surface area contributed by atoms with Crippen LogP contribution in [0, 0.1) is 13.5 Å². The number of carbonyl (C=O) groups is 2. The molecule has 114 valence electrons. The topological polar surface area (TPSA) is 72.5 Å². The van der Waals surface area contributed by atoms with Gasteiger partial charge in [-0.1, -0.05) is 23.4 Å². The molecule has 0 aliphatic carbocycles. The van der Waals surface area contributed by atoms with E-state index in [1.807, 2.05) is 0 Å². The molecule has 0 aliphatic rings. The zero-order valence-electron chi connectivity index (χ0n) is 13.0. The molecule has 6 heteroatoms. The van der Waals surface area contributed by atoms with E-state index in [0.717, 1.165) is 0 Å². The highest BCUT2D eigenvalue weighted by atomic mass is 16.6. The Hall–Kier alpha value is -2.81. The van der Waals surface area contributed by atoms with Crippen molar-refractivity contribution in [2.24, 2.45) is 10.3 Å². The summed E-state index contributed by atoms with van der Waals surface area (Å²) in [7, 11) is 0. The lowest BCUT2D eigenvalue weighted by Crippen LogP contribution is -2.14.